The van der Waals surface area contributed by atoms with E-state index in [0.29, 0.717) is 17.4 Å². The van der Waals surface area contributed by atoms with Gasteiger partial charge in [0.2, 0.25) is 0 Å². The van der Waals surface area contributed by atoms with Crippen LogP contribution in [0.15, 0.2) is 22.7 Å². The Kier molecular flexibility index (Phi) is 3.19. The lowest BCUT2D eigenvalue weighted by Gasteiger charge is -2.08. The van der Waals surface area contributed by atoms with Gasteiger partial charge in [0.1, 0.15) is 5.75 Å². The van der Waals surface area contributed by atoms with E-state index >= 15 is 0 Å². The van der Waals surface area contributed by atoms with Gasteiger partial charge in [-0.05, 0) is 30.3 Å². The highest BCUT2D eigenvalue weighted by molar-refractivity contribution is 6.32. The molecule has 0 saturated carbocycles. The minimum Gasteiger partial charge on any atom is -0.506 e. The minimum absolute atomic E-state index is 0.0285. The zero-order valence-electron chi connectivity index (χ0n) is 9.51. The molecule has 5 nitrogen and oxygen atoms in total. The van der Waals surface area contributed by atoms with Crippen molar-refractivity contribution in [3.8, 4) is 17.2 Å². The van der Waals surface area contributed by atoms with Crippen LogP contribution in [0, 0.1) is 0 Å². The summed E-state index contributed by atoms with van der Waals surface area (Å²) in [5.74, 6) is 0.926. The number of rotatable bonds is 3. The molecule has 0 aliphatic heterocycles. The fourth-order valence-corrected chi connectivity index (χ4v) is 1.45. The molecule has 0 spiro atoms. The Morgan fingerprint density at radius 2 is 2.24 bits per heavy atom. The fraction of sp³-hybridized carbons (Fsp3) is 0.273. The van der Waals surface area contributed by atoms with Crippen molar-refractivity contribution >= 4 is 17.5 Å². The lowest BCUT2D eigenvalue weighted by molar-refractivity contribution is 0.430. The number of aromatic nitrogens is 2. The van der Waals surface area contributed by atoms with Crippen LogP contribution in [0.3, 0.4) is 0 Å². The van der Waals surface area contributed by atoms with E-state index in [4.69, 9.17) is 16.1 Å². The quantitative estimate of drug-likeness (QED) is 0.911. The summed E-state index contributed by atoms with van der Waals surface area (Å²) in [5.41, 5.74) is 0.677. The monoisotopic (exact) mass is 253 g/mol. The number of benzene rings is 1. The molecule has 1 aromatic heterocycles. The third-order valence-electron chi connectivity index (χ3n) is 2.43. The average molecular weight is 254 g/mol. The molecule has 0 radical (unpaired) electrons. The van der Waals surface area contributed by atoms with Crippen molar-refractivity contribution in [1.29, 1.82) is 0 Å². The molecule has 0 aliphatic rings. The molecular weight excluding hydrogens is 242 g/mol. The van der Waals surface area contributed by atoms with Crippen molar-refractivity contribution in [3.05, 3.63) is 23.2 Å². The number of hydrogen-bond acceptors (Lipinski definition) is 5. The smallest absolute Gasteiger partial charge is 0.266 e. The van der Waals surface area contributed by atoms with E-state index in [1.807, 2.05) is 18.9 Å². The van der Waals surface area contributed by atoms with Gasteiger partial charge in [0.15, 0.2) is 0 Å². The zero-order chi connectivity index (χ0) is 12.4. The van der Waals surface area contributed by atoms with Crippen LogP contribution in [0.2, 0.25) is 5.02 Å². The summed E-state index contributed by atoms with van der Waals surface area (Å²) < 4.78 is 5.13. The van der Waals surface area contributed by atoms with Gasteiger partial charge in [-0.25, -0.2) is 0 Å². The van der Waals surface area contributed by atoms with Gasteiger partial charge in [0, 0.05) is 19.2 Å². The molecule has 0 amide bonds. The van der Waals surface area contributed by atoms with E-state index in [1.165, 1.54) is 6.07 Å². The fourth-order valence-electron chi connectivity index (χ4n) is 1.27. The minimum atomic E-state index is 0.0285. The second-order valence-corrected chi connectivity index (χ2v) is 3.99. The van der Waals surface area contributed by atoms with Crippen molar-refractivity contribution < 1.29 is 9.63 Å². The predicted octanol–water partition coefficient (Wildman–Crippen LogP) is 2.55. The molecule has 6 heteroatoms. The molecule has 0 unspecified atom stereocenters. The van der Waals surface area contributed by atoms with Crippen molar-refractivity contribution in [2.45, 2.75) is 6.92 Å². The number of phenols is 1. The molecule has 2 rings (SSSR count). The molecule has 1 heterocycles. The van der Waals surface area contributed by atoms with Crippen LogP contribution in [-0.4, -0.2) is 28.8 Å². The summed E-state index contributed by atoms with van der Waals surface area (Å²) >= 11 is 5.81. The zero-order valence-corrected chi connectivity index (χ0v) is 10.3. The number of hydrogen-bond donors (Lipinski definition) is 1. The summed E-state index contributed by atoms with van der Waals surface area (Å²) in [6, 6.07) is 4.75. The van der Waals surface area contributed by atoms with Crippen LogP contribution in [0.25, 0.3) is 11.5 Å². The van der Waals surface area contributed by atoms with Gasteiger partial charge in [-0.1, -0.05) is 11.6 Å². The van der Waals surface area contributed by atoms with Gasteiger partial charge in [0.05, 0.1) is 5.02 Å². The van der Waals surface area contributed by atoms with Crippen LogP contribution in [0.1, 0.15) is 6.92 Å². The highest BCUT2D eigenvalue weighted by Crippen LogP contribution is 2.29. The van der Waals surface area contributed by atoms with Crippen molar-refractivity contribution in [2.24, 2.45) is 0 Å². The van der Waals surface area contributed by atoms with E-state index in [1.54, 1.807) is 12.1 Å². The van der Waals surface area contributed by atoms with E-state index in [-0.39, 0.29) is 10.8 Å². The number of aromatic hydroxyl groups is 1. The van der Waals surface area contributed by atoms with Gasteiger partial charge in [-0.3, -0.25) is 0 Å². The first kappa shape index (κ1) is 11.7. The van der Waals surface area contributed by atoms with Gasteiger partial charge in [0.25, 0.3) is 11.8 Å². The van der Waals surface area contributed by atoms with Crippen LogP contribution in [-0.2, 0) is 0 Å². The highest BCUT2D eigenvalue weighted by Gasteiger charge is 2.12. The normalized spacial score (nSPS) is 10.5. The van der Waals surface area contributed by atoms with Crippen LogP contribution < -0.4 is 4.90 Å². The largest absolute Gasteiger partial charge is 0.506 e. The lowest BCUT2D eigenvalue weighted by Crippen LogP contribution is -2.16. The first-order valence-electron chi connectivity index (χ1n) is 5.15. The van der Waals surface area contributed by atoms with Crippen LogP contribution in [0.5, 0.6) is 5.75 Å². The van der Waals surface area contributed by atoms with E-state index in [2.05, 4.69) is 10.1 Å². The molecule has 17 heavy (non-hydrogen) atoms. The second-order valence-electron chi connectivity index (χ2n) is 3.58. The molecule has 1 aromatic carbocycles. The highest BCUT2D eigenvalue weighted by atomic mass is 35.5. The molecule has 0 fully saturated rings. The topological polar surface area (TPSA) is 62.4 Å². The Balaban J connectivity index is 2.33. The molecule has 0 aliphatic carbocycles. The molecule has 1 N–H and O–H groups in total. The number of phenolic OH excluding ortho intramolecular Hbond substituents is 1. The summed E-state index contributed by atoms with van der Waals surface area (Å²) in [4.78, 5) is 6.09. The van der Waals surface area contributed by atoms with E-state index < -0.39 is 0 Å². The maximum absolute atomic E-state index is 9.32. The summed E-state index contributed by atoms with van der Waals surface area (Å²) in [6.45, 7) is 2.78. The van der Waals surface area contributed by atoms with E-state index in [9.17, 15) is 5.11 Å². The van der Waals surface area contributed by atoms with Crippen LogP contribution in [0.4, 0.5) is 5.95 Å². The Morgan fingerprint density at radius 1 is 1.47 bits per heavy atom. The molecule has 90 valence electrons. The maximum atomic E-state index is 9.32. The van der Waals surface area contributed by atoms with E-state index in [0.717, 1.165) is 6.54 Å². The standard InChI is InChI=1S/C11H12ClN3O2/c1-3-15(2)11-13-10(17-14-11)7-4-5-9(16)8(12)6-7/h4-6,16H,3H2,1-2H3. The molecule has 0 bridgehead atoms. The summed E-state index contributed by atoms with van der Waals surface area (Å²) in [7, 11) is 1.87. The van der Waals surface area contributed by atoms with Crippen molar-refractivity contribution in [3.63, 3.8) is 0 Å². The first-order valence-corrected chi connectivity index (χ1v) is 5.53. The molecular formula is C11H12ClN3O2. The Morgan fingerprint density at radius 3 is 2.88 bits per heavy atom. The molecule has 0 atom stereocenters. The van der Waals surface area contributed by atoms with Gasteiger partial charge in [-0.2, -0.15) is 4.98 Å². The van der Waals surface area contributed by atoms with Gasteiger partial charge >= 0.3 is 0 Å². The first-order chi connectivity index (χ1) is 8.11. The Bertz CT molecular complexity index is 527. The third-order valence-corrected chi connectivity index (χ3v) is 2.73. The average Bonchev–Trinajstić information content (AvgIpc) is 2.81. The number of nitrogens with zero attached hydrogens (tertiary/aromatic N) is 3. The summed E-state index contributed by atoms with van der Waals surface area (Å²) in [5, 5.41) is 13.4. The number of anilines is 1. The SMILES string of the molecule is CCN(C)c1noc(-c2ccc(O)c(Cl)c2)n1. The molecule has 2 aromatic rings. The van der Waals surface area contributed by atoms with Crippen LogP contribution >= 0.6 is 11.6 Å². The Hall–Kier alpha value is -1.75. The third kappa shape index (κ3) is 2.34. The number of halogens is 1. The lowest BCUT2D eigenvalue weighted by atomic mass is 10.2. The second kappa shape index (κ2) is 4.63. The van der Waals surface area contributed by atoms with Crippen molar-refractivity contribution in [2.75, 3.05) is 18.5 Å². The summed E-state index contributed by atoms with van der Waals surface area (Å²) in [6.07, 6.45) is 0. The van der Waals surface area contributed by atoms with Gasteiger partial charge in [-0.15, -0.1) is 0 Å². The predicted molar refractivity (Wildman–Crippen MR) is 65.4 cm³/mol. The maximum Gasteiger partial charge on any atom is 0.266 e. The Labute approximate surface area is 104 Å². The van der Waals surface area contributed by atoms with Crippen molar-refractivity contribution in [1.82, 2.24) is 10.1 Å². The van der Waals surface area contributed by atoms with Gasteiger partial charge < -0.3 is 14.5 Å². The molecule has 0 saturated heterocycles.